The molecule has 0 atom stereocenters. The molecule has 0 bridgehead atoms. The van der Waals surface area contributed by atoms with Gasteiger partial charge in [0.15, 0.2) is 5.65 Å². The van der Waals surface area contributed by atoms with Gasteiger partial charge in [-0.3, -0.25) is 4.79 Å². The van der Waals surface area contributed by atoms with Gasteiger partial charge in [0.25, 0.3) is 5.91 Å². The Morgan fingerprint density at radius 3 is 2.87 bits per heavy atom. The van der Waals surface area contributed by atoms with Gasteiger partial charge in [0, 0.05) is 18.0 Å². The summed E-state index contributed by atoms with van der Waals surface area (Å²) < 4.78 is 19.1. The van der Waals surface area contributed by atoms with Crippen LogP contribution in [0.5, 0.6) is 0 Å². The number of aromatic amines is 1. The fourth-order valence-electron chi connectivity index (χ4n) is 3.27. The predicted octanol–water partition coefficient (Wildman–Crippen LogP) is 3.25. The first-order chi connectivity index (χ1) is 14.7. The normalized spacial score (nSPS) is 15.9. The number of pyridine rings is 1. The van der Waals surface area contributed by atoms with Gasteiger partial charge < -0.3 is 20.4 Å². The molecule has 7 nitrogen and oxygen atoms in total. The Hall–Kier alpha value is -3.68. The molecule has 3 N–H and O–H groups in total. The number of benzene rings is 1. The molecule has 3 aromatic rings. The molecule has 8 heteroatoms. The molecule has 0 unspecified atom stereocenters. The maximum Gasteiger partial charge on any atom is 0.257 e. The number of halogens is 1. The molecule has 2 aromatic heterocycles. The Labute approximate surface area is 172 Å². The number of imidazole rings is 1. The maximum atomic E-state index is 13.2. The number of rotatable bonds is 6. The second-order valence-corrected chi connectivity index (χ2v) is 7.41. The van der Waals surface area contributed by atoms with Gasteiger partial charge in [0.05, 0.1) is 29.9 Å². The highest BCUT2D eigenvalue weighted by atomic mass is 19.1. The molecule has 1 aliphatic heterocycles. The summed E-state index contributed by atoms with van der Waals surface area (Å²) >= 11 is 0. The van der Waals surface area contributed by atoms with Crippen LogP contribution in [0.3, 0.4) is 0 Å². The summed E-state index contributed by atoms with van der Waals surface area (Å²) in [6.45, 7) is 1.14. The van der Waals surface area contributed by atoms with Crippen molar-refractivity contribution in [3.8, 4) is 11.4 Å². The summed E-state index contributed by atoms with van der Waals surface area (Å²) in [6, 6.07) is 7.62. The number of carbonyl (C=O) groups excluding carboxylic acids is 1. The minimum absolute atomic E-state index is 0.281. The molecule has 2 aliphatic rings. The first-order valence-corrected chi connectivity index (χ1v) is 9.85. The maximum absolute atomic E-state index is 13.2. The second-order valence-electron chi connectivity index (χ2n) is 7.41. The van der Waals surface area contributed by atoms with Crippen LogP contribution in [0.25, 0.3) is 22.6 Å². The van der Waals surface area contributed by atoms with Crippen LogP contribution in [0, 0.1) is 11.7 Å². The van der Waals surface area contributed by atoms with Crippen molar-refractivity contribution < 1.29 is 13.9 Å². The van der Waals surface area contributed by atoms with E-state index < -0.39 is 0 Å². The summed E-state index contributed by atoms with van der Waals surface area (Å²) in [5, 5.41) is 6.05. The van der Waals surface area contributed by atoms with E-state index in [-0.39, 0.29) is 11.7 Å². The van der Waals surface area contributed by atoms with Crippen molar-refractivity contribution in [2.24, 2.45) is 5.92 Å². The summed E-state index contributed by atoms with van der Waals surface area (Å²) in [7, 11) is 0. The highest BCUT2D eigenvalue weighted by Crippen LogP contribution is 2.30. The topological polar surface area (TPSA) is 91.9 Å². The molecular weight excluding hydrogens is 385 g/mol. The van der Waals surface area contributed by atoms with E-state index in [0.29, 0.717) is 58.6 Å². The number of fused-ring (bicyclic) bond motifs is 1. The monoisotopic (exact) mass is 405 g/mol. The molecule has 30 heavy (non-hydrogen) atoms. The van der Waals surface area contributed by atoms with Crippen molar-refractivity contribution in [2.45, 2.75) is 12.8 Å². The largest absolute Gasteiger partial charge is 0.491 e. The number of nitrogens with one attached hydrogen (secondary N) is 3. The van der Waals surface area contributed by atoms with Crippen LogP contribution in [0.4, 0.5) is 4.39 Å². The predicted molar refractivity (Wildman–Crippen MR) is 110 cm³/mol. The van der Waals surface area contributed by atoms with Crippen molar-refractivity contribution in [2.75, 3.05) is 13.2 Å². The Balaban J connectivity index is 1.42. The van der Waals surface area contributed by atoms with Crippen molar-refractivity contribution in [3.63, 3.8) is 0 Å². The fourth-order valence-corrected chi connectivity index (χ4v) is 3.27. The number of ether oxygens (including phenoxy) is 1. The summed E-state index contributed by atoms with van der Waals surface area (Å²) in [4.78, 5) is 24.9. The second kappa shape index (κ2) is 7.62. The Morgan fingerprint density at radius 2 is 2.07 bits per heavy atom. The van der Waals surface area contributed by atoms with Gasteiger partial charge in [-0.25, -0.2) is 14.4 Å². The smallest absolute Gasteiger partial charge is 0.257 e. The van der Waals surface area contributed by atoms with Crippen molar-refractivity contribution >= 4 is 17.1 Å². The van der Waals surface area contributed by atoms with Crippen molar-refractivity contribution in [1.29, 1.82) is 0 Å². The van der Waals surface area contributed by atoms with Gasteiger partial charge in [0.2, 0.25) is 0 Å². The zero-order valence-corrected chi connectivity index (χ0v) is 16.1. The third kappa shape index (κ3) is 3.76. The van der Waals surface area contributed by atoms with Crippen LogP contribution in [0.15, 0.2) is 60.3 Å². The highest BCUT2D eigenvalue weighted by Gasteiger charge is 2.24. The first-order valence-electron chi connectivity index (χ1n) is 9.85. The lowest BCUT2D eigenvalue weighted by atomic mass is 10.2. The Bertz CT molecular complexity index is 1160. The fraction of sp³-hybridized carbons (Fsp3) is 0.227. The molecular formula is C22H20FN5O2. The number of carbonyl (C=O) groups is 1. The quantitative estimate of drug-likeness (QED) is 0.586. The summed E-state index contributed by atoms with van der Waals surface area (Å²) in [5.74, 6) is 1.21. The molecule has 5 rings (SSSR count). The van der Waals surface area contributed by atoms with E-state index in [0.717, 1.165) is 0 Å². The zero-order valence-electron chi connectivity index (χ0n) is 16.1. The highest BCUT2D eigenvalue weighted by molar-refractivity contribution is 6.05. The van der Waals surface area contributed by atoms with E-state index in [1.807, 2.05) is 12.3 Å². The van der Waals surface area contributed by atoms with E-state index in [9.17, 15) is 9.18 Å². The van der Waals surface area contributed by atoms with Crippen LogP contribution in [-0.4, -0.2) is 34.0 Å². The van der Waals surface area contributed by atoms with E-state index in [1.165, 1.54) is 25.0 Å². The minimum Gasteiger partial charge on any atom is -0.491 e. The van der Waals surface area contributed by atoms with E-state index in [1.54, 1.807) is 24.4 Å². The van der Waals surface area contributed by atoms with Crippen LogP contribution in [-0.2, 0) is 4.74 Å². The molecule has 0 spiro atoms. The lowest BCUT2D eigenvalue weighted by molar-refractivity contribution is 0.0961. The molecule has 1 aliphatic carbocycles. The zero-order chi connectivity index (χ0) is 20.5. The average Bonchev–Trinajstić information content (AvgIpc) is 3.49. The number of dihydropyridines is 1. The van der Waals surface area contributed by atoms with Crippen LogP contribution < -0.4 is 10.6 Å². The number of nitrogens with zero attached hydrogens (tertiary/aromatic N) is 2. The molecule has 1 fully saturated rings. The van der Waals surface area contributed by atoms with Crippen molar-refractivity contribution in [1.82, 2.24) is 25.6 Å². The SMILES string of the molecule is O=C(NC1=C(OCC2CC2)C=CNC1)c1ccnc2nc(-c3ccc(F)cc3)[nH]c12. The lowest BCUT2D eigenvalue weighted by Gasteiger charge is -2.18. The first kappa shape index (κ1) is 18.4. The van der Waals surface area contributed by atoms with Gasteiger partial charge in [-0.15, -0.1) is 0 Å². The molecule has 1 amide bonds. The summed E-state index contributed by atoms with van der Waals surface area (Å²) in [6.07, 6.45) is 7.58. The third-order valence-corrected chi connectivity index (χ3v) is 5.12. The van der Waals surface area contributed by atoms with Gasteiger partial charge in [-0.05, 0) is 55.2 Å². The third-order valence-electron chi connectivity index (χ3n) is 5.12. The molecule has 0 saturated heterocycles. The van der Waals surface area contributed by atoms with E-state index >= 15 is 0 Å². The molecule has 1 aromatic carbocycles. The number of hydrogen-bond acceptors (Lipinski definition) is 5. The number of hydrogen-bond donors (Lipinski definition) is 3. The van der Waals surface area contributed by atoms with E-state index in [4.69, 9.17) is 4.74 Å². The Kier molecular flexibility index (Phi) is 4.66. The molecule has 3 heterocycles. The van der Waals surface area contributed by atoms with Gasteiger partial charge in [-0.2, -0.15) is 0 Å². The van der Waals surface area contributed by atoms with Crippen molar-refractivity contribution in [3.05, 3.63) is 71.6 Å². The van der Waals surface area contributed by atoms with Gasteiger partial charge >= 0.3 is 0 Å². The average molecular weight is 405 g/mol. The van der Waals surface area contributed by atoms with Crippen LogP contribution >= 0.6 is 0 Å². The standard InChI is InChI=1S/C22H20FN5O2/c23-15-5-3-14(4-6-15)20-27-19-16(7-10-25-21(19)28-20)22(29)26-17-11-24-9-8-18(17)30-12-13-1-2-13/h3-10,13,24H,1-2,11-12H2,(H,26,29)(H,25,27,28). The minimum atomic E-state index is -0.323. The summed E-state index contributed by atoms with van der Waals surface area (Å²) in [5.41, 5.74) is 2.76. The number of H-pyrrole nitrogens is 1. The molecule has 0 radical (unpaired) electrons. The van der Waals surface area contributed by atoms with Crippen LogP contribution in [0.2, 0.25) is 0 Å². The number of allylic oxidation sites excluding steroid dienone is 1. The Morgan fingerprint density at radius 1 is 1.23 bits per heavy atom. The molecule has 152 valence electrons. The van der Waals surface area contributed by atoms with E-state index in [2.05, 4.69) is 25.6 Å². The van der Waals surface area contributed by atoms with Crippen LogP contribution in [0.1, 0.15) is 23.2 Å². The van der Waals surface area contributed by atoms with Gasteiger partial charge in [0.1, 0.15) is 17.4 Å². The lowest BCUT2D eigenvalue weighted by Crippen LogP contribution is -2.32. The number of aromatic nitrogens is 3. The molecule has 1 saturated carbocycles. The number of amides is 1. The van der Waals surface area contributed by atoms with Gasteiger partial charge in [-0.1, -0.05) is 0 Å².